The van der Waals surface area contributed by atoms with E-state index in [0.29, 0.717) is 5.92 Å². The number of anilines is 1. The van der Waals surface area contributed by atoms with E-state index in [-0.39, 0.29) is 0 Å². The summed E-state index contributed by atoms with van der Waals surface area (Å²) < 4.78 is 0. The average Bonchev–Trinajstić information content (AvgIpc) is 2.46. The molecule has 0 aliphatic heterocycles. The van der Waals surface area contributed by atoms with Gasteiger partial charge < -0.3 is 5.73 Å². The Kier molecular flexibility index (Phi) is 6.67. The minimum atomic E-state index is 0.439. The van der Waals surface area contributed by atoms with Crippen LogP contribution in [0.1, 0.15) is 63.6 Å². The number of rotatable bonds is 4. The largest absolute Gasteiger partial charge is 0.398 e. The number of nitrogens with two attached hydrogens (primary N) is 1. The van der Waals surface area contributed by atoms with E-state index in [9.17, 15) is 0 Å². The first kappa shape index (κ1) is 18.3. The molecule has 0 amide bonds. The zero-order chi connectivity index (χ0) is 16.9. The van der Waals surface area contributed by atoms with Crippen LogP contribution >= 0.6 is 0 Å². The molecule has 0 atom stereocenters. The molecule has 0 heterocycles. The zero-order valence-corrected chi connectivity index (χ0v) is 15.1. The van der Waals surface area contributed by atoms with Crippen molar-refractivity contribution in [3.05, 3.63) is 53.1 Å². The number of fused-ring (bicyclic) bond motifs is 1. The third-order valence-electron chi connectivity index (χ3n) is 3.90. The van der Waals surface area contributed by atoms with Gasteiger partial charge in [-0.05, 0) is 66.1 Å². The number of aryl methyl sites for hydroxylation is 2. The molecule has 0 bridgehead atoms. The molecule has 120 valence electrons. The monoisotopic (exact) mass is 297 g/mol. The Morgan fingerprint density at radius 3 is 2.32 bits per heavy atom. The standard InChI is InChI=1S/C19H25N.C2H6/c1-12(2)6-7-15-10-14(5)16-8-9-18(20)19(13(3)4)17(16)11-15;1-2/h8-11,13H,1,6-7,20H2,2-5H3;1-2H3. The van der Waals surface area contributed by atoms with Crippen LogP contribution in [-0.2, 0) is 6.42 Å². The minimum absolute atomic E-state index is 0.439. The van der Waals surface area contributed by atoms with Gasteiger partial charge in [0, 0.05) is 5.69 Å². The van der Waals surface area contributed by atoms with Crippen LogP contribution in [0.25, 0.3) is 10.8 Å². The lowest BCUT2D eigenvalue weighted by atomic mass is 9.90. The smallest absolute Gasteiger partial charge is 0.0355 e. The molecule has 0 unspecified atom stereocenters. The summed E-state index contributed by atoms with van der Waals surface area (Å²) in [6.45, 7) is 16.7. The highest BCUT2D eigenvalue weighted by Crippen LogP contribution is 2.33. The summed E-state index contributed by atoms with van der Waals surface area (Å²) in [4.78, 5) is 0. The molecule has 2 rings (SSSR count). The second-order valence-corrected chi connectivity index (χ2v) is 6.19. The molecular formula is C21H31N. The van der Waals surface area contributed by atoms with Crippen molar-refractivity contribution in [2.45, 2.75) is 60.3 Å². The maximum atomic E-state index is 6.20. The van der Waals surface area contributed by atoms with E-state index in [1.165, 1.54) is 33.0 Å². The van der Waals surface area contributed by atoms with Gasteiger partial charge in [0.15, 0.2) is 0 Å². The normalized spacial score (nSPS) is 10.5. The fraction of sp³-hybridized carbons (Fsp3) is 0.429. The van der Waals surface area contributed by atoms with Crippen LogP contribution in [0.3, 0.4) is 0 Å². The zero-order valence-electron chi connectivity index (χ0n) is 15.1. The molecule has 0 fully saturated rings. The fourth-order valence-electron chi connectivity index (χ4n) is 2.88. The molecule has 0 aromatic heterocycles. The number of benzene rings is 2. The van der Waals surface area contributed by atoms with Crippen molar-refractivity contribution in [1.29, 1.82) is 0 Å². The molecule has 0 saturated carbocycles. The summed E-state index contributed by atoms with van der Waals surface area (Å²) in [6, 6.07) is 8.80. The lowest BCUT2D eigenvalue weighted by Gasteiger charge is -2.16. The second kappa shape index (κ2) is 8.03. The Labute approximate surface area is 136 Å². The van der Waals surface area contributed by atoms with Crippen LogP contribution in [0, 0.1) is 6.92 Å². The van der Waals surface area contributed by atoms with Gasteiger partial charge in [0.05, 0.1) is 0 Å². The van der Waals surface area contributed by atoms with Crippen LogP contribution in [0.15, 0.2) is 36.4 Å². The van der Waals surface area contributed by atoms with E-state index < -0.39 is 0 Å². The first-order valence-electron chi connectivity index (χ1n) is 8.36. The van der Waals surface area contributed by atoms with Crippen molar-refractivity contribution in [1.82, 2.24) is 0 Å². The lowest BCUT2D eigenvalue weighted by molar-refractivity contribution is 0.878. The van der Waals surface area contributed by atoms with Crippen molar-refractivity contribution >= 4 is 16.5 Å². The fourth-order valence-corrected chi connectivity index (χ4v) is 2.88. The van der Waals surface area contributed by atoms with Gasteiger partial charge in [0.2, 0.25) is 0 Å². The molecule has 22 heavy (non-hydrogen) atoms. The summed E-state index contributed by atoms with van der Waals surface area (Å²) in [5, 5.41) is 2.64. The molecule has 0 spiro atoms. The van der Waals surface area contributed by atoms with Crippen molar-refractivity contribution in [3.63, 3.8) is 0 Å². The molecule has 0 aliphatic carbocycles. The highest BCUT2D eigenvalue weighted by molar-refractivity contribution is 5.93. The van der Waals surface area contributed by atoms with E-state index >= 15 is 0 Å². The van der Waals surface area contributed by atoms with Gasteiger partial charge in [-0.1, -0.05) is 51.5 Å². The predicted molar refractivity (Wildman–Crippen MR) is 102 cm³/mol. The molecule has 1 heteroatoms. The Morgan fingerprint density at radius 2 is 1.77 bits per heavy atom. The van der Waals surface area contributed by atoms with Crippen molar-refractivity contribution in [2.24, 2.45) is 0 Å². The van der Waals surface area contributed by atoms with E-state index in [1.807, 2.05) is 19.9 Å². The lowest BCUT2D eigenvalue weighted by Crippen LogP contribution is -1.99. The Morgan fingerprint density at radius 1 is 1.14 bits per heavy atom. The predicted octanol–water partition coefficient (Wildman–Crippen LogP) is 6.39. The van der Waals surface area contributed by atoms with Crippen molar-refractivity contribution < 1.29 is 0 Å². The van der Waals surface area contributed by atoms with Gasteiger partial charge in [-0.3, -0.25) is 0 Å². The van der Waals surface area contributed by atoms with Gasteiger partial charge in [-0.15, -0.1) is 6.58 Å². The van der Waals surface area contributed by atoms with Crippen LogP contribution in [0.4, 0.5) is 5.69 Å². The molecule has 2 N–H and O–H groups in total. The molecule has 0 radical (unpaired) electrons. The van der Waals surface area contributed by atoms with Crippen molar-refractivity contribution in [2.75, 3.05) is 5.73 Å². The summed E-state index contributed by atoms with van der Waals surface area (Å²) in [7, 11) is 0. The SMILES string of the molecule is C=C(C)CCc1cc(C)c2ccc(N)c(C(C)C)c2c1.CC. The maximum Gasteiger partial charge on any atom is 0.0355 e. The quantitative estimate of drug-likeness (QED) is 0.513. The van der Waals surface area contributed by atoms with Crippen molar-refractivity contribution in [3.8, 4) is 0 Å². The molecule has 0 saturated heterocycles. The van der Waals surface area contributed by atoms with Crippen LogP contribution in [0.2, 0.25) is 0 Å². The number of allylic oxidation sites excluding steroid dienone is 1. The highest BCUT2D eigenvalue weighted by Gasteiger charge is 2.11. The minimum Gasteiger partial charge on any atom is -0.398 e. The summed E-state index contributed by atoms with van der Waals surface area (Å²) in [6.07, 6.45) is 2.10. The number of nitrogen functional groups attached to an aromatic ring is 1. The maximum absolute atomic E-state index is 6.20. The van der Waals surface area contributed by atoms with Gasteiger partial charge in [0.25, 0.3) is 0 Å². The molecule has 2 aromatic rings. The molecule has 0 aliphatic rings. The average molecular weight is 297 g/mol. The van der Waals surface area contributed by atoms with Gasteiger partial charge in [0.1, 0.15) is 0 Å². The van der Waals surface area contributed by atoms with E-state index in [2.05, 4.69) is 52.5 Å². The van der Waals surface area contributed by atoms with E-state index in [1.54, 1.807) is 0 Å². The highest BCUT2D eigenvalue weighted by atomic mass is 14.6. The summed E-state index contributed by atoms with van der Waals surface area (Å²) in [5.41, 5.74) is 12.3. The number of hydrogen-bond acceptors (Lipinski definition) is 1. The Balaban J connectivity index is 0.00000116. The van der Waals surface area contributed by atoms with Crippen LogP contribution in [0.5, 0.6) is 0 Å². The molecule has 1 nitrogen and oxygen atoms in total. The number of hydrogen-bond donors (Lipinski definition) is 1. The van der Waals surface area contributed by atoms with E-state index in [0.717, 1.165) is 18.5 Å². The van der Waals surface area contributed by atoms with Gasteiger partial charge >= 0.3 is 0 Å². The summed E-state index contributed by atoms with van der Waals surface area (Å²) in [5.74, 6) is 0.439. The van der Waals surface area contributed by atoms with Gasteiger partial charge in [-0.25, -0.2) is 0 Å². The topological polar surface area (TPSA) is 26.0 Å². The van der Waals surface area contributed by atoms with Gasteiger partial charge in [-0.2, -0.15) is 0 Å². The second-order valence-electron chi connectivity index (χ2n) is 6.19. The van der Waals surface area contributed by atoms with Crippen LogP contribution < -0.4 is 5.73 Å². The van der Waals surface area contributed by atoms with E-state index in [4.69, 9.17) is 5.73 Å². The molecular weight excluding hydrogens is 266 g/mol. The summed E-state index contributed by atoms with van der Waals surface area (Å²) >= 11 is 0. The molecule has 2 aromatic carbocycles. The first-order valence-corrected chi connectivity index (χ1v) is 8.36. The first-order chi connectivity index (χ1) is 10.4. The Bertz CT molecular complexity index is 650. The third kappa shape index (κ3) is 4.13. The van der Waals surface area contributed by atoms with Crippen LogP contribution in [-0.4, -0.2) is 0 Å². The Hall–Kier alpha value is -1.76. The third-order valence-corrected chi connectivity index (χ3v) is 3.90.